The van der Waals surface area contributed by atoms with Crippen molar-refractivity contribution in [1.82, 2.24) is 4.90 Å². The van der Waals surface area contributed by atoms with Crippen molar-refractivity contribution < 1.29 is 32.0 Å². The first-order valence-electron chi connectivity index (χ1n) is 9.27. The Kier molecular flexibility index (Phi) is 5.21. The van der Waals surface area contributed by atoms with E-state index in [9.17, 15) is 18.0 Å². The fraction of sp³-hybridized carbons (Fsp3) is 0.632. The highest BCUT2D eigenvalue weighted by atomic mass is 19.3. The Morgan fingerprint density at radius 2 is 1.64 bits per heavy atom. The maximum absolute atomic E-state index is 14.9. The zero-order chi connectivity index (χ0) is 20.9. The van der Waals surface area contributed by atoms with Crippen molar-refractivity contribution in [3.63, 3.8) is 0 Å². The lowest BCUT2D eigenvalue weighted by molar-refractivity contribution is -0.0495. The summed E-state index contributed by atoms with van der Waals surface area (Å²) in [6.07, 6.45) is -0.872. The van der Waals surface area contributed by atoms with Gasteiger partial charge in [0.25, 0.3) is 11.8 Å². The molecule has 3 rings (SSSR count). The highest BCUT2D eigenvalue weighted by Crippen LogP contribution is 2.37. The van der Waals surface area contributed by atoms with Gasteiger partial charge in [0.05, 0.1) is 18.3 Å². The second kappa shape index (κ2) is 6.95. The summed E-state index contributed by atoms with van der Waals surface area (Å²) in [4.78, 5) is 14.0. The largest absolute Gasteiger partial charge is 0.496 e. The van der Waals surface area contributed by atoms with Gasteiger partial charge < -0.3 is 18.9 Å². The van der Waals surface area contributed by atoms with Gasteiger partial charge in [-0.2, -0.15) is 0 Å². The molecule has 9 heteroatoms. The van der Waals surface area contributed by atoms with E-state index in [1.807, 2.05) is 27.7 Å². The molecule has 2 heterocycles. The summed E-state index contributed by atoms with van der Waals surface area (Å²) >= 11 is 0. The van der Waals surface area contributed by atoms with Crippen LogP contribution in [0.3, 0.4) is 0 Å². The second-order valence-electron chi connectivity index (χ2n) is 8.32. The van der Waals surface area contributed by atoms with Gasteiger partial charge in [-0.05, 0) is 45.3 Å². The molecular weight excluding hydrogens is 374 g/mol. The van der Waals surface area contributed by atoms with Gasteiger partial charge >= 0.3 is 7.12 Å². The van der Waals surface area contributed by atoms with Crippen LogP contribution < -0.4 is 10.2 Å². The van der Waals surface area contributed by atoms with Gasteiger partial charge in [-0.25, -0.2) is 13.2 Å². The Balaban J connectivity index is 1.88. The Morgan fingerprint density at radius 3 is 2.14 bits per heavy atom. The van der Waals surface area contributed by atoms with E-state index in [2.05, 4.69) is 0 Å². The van der Waals surface area contributed by atoms with E-state index in [4.69, 9.17) is 14.0 Å². The summed E-state index contributed by atoms with van der Waals surface area (Å²) in [5, 5.41) is 0. The van der Waals surface area contributed by atoms with Crippen LogP contribution in [0.25, 0.3) is 0 Å². The third kappa shape index (κ3) is 3.74. The number of halogens is 3. The Bertz CT molecular complexity index is 759. The van der Waals surface area contributed by atoms with E-state index in [1.165, 1.54) is 24.1 Å². The van der Waals surface area contributed by atoms with Crippen molar-refractivity contribution in [1.29, 1.82) is 0 Å². The number of amides is 1. The molecule has 2 fully saturated rings. The molecule has 0 aliphatic carbocycles. The van der Waals surface area contributed by atoms with E-state index in [0.717, 1.165) is 0 Å². The van der Waals surface area contributed by atoms with Gasteiger partial charge in [-0.3, -0.25) is 4.79 Å². The molecule has 0 radical (unpaired) electrons. The number of hydrogen-bond donors (Lipinski definition) is 0. The molecule has 1 aromatic carbocycles. The Morgan fingerprint density at radius 1 is 1.11 bits per heavy atom. The van der Waals surface area contributed by atoms with Crippen LogP contribution in [-0.2, 0) is 9.31 Å². The lowest BCUT2D eigenvalue weighted by Gasteiger charge is -2.32. The van der Waals surface area contributed by atoms with E-state index < -0.39 is 48.8 Å². The third-order valence-electron chi connectivity index (χ3n) is 5.82. The average molecular weight is 399 g/mol. The molecular formula is C19H25BF3NO4. The van der Waals surface area contributed by atoms with Crippen molar-refractivity contribution >= 4 is 18.5 Å². The van der Waals surface area contributed by atoms with Crippen molar-refractivity contribution in [2.45, 2.75) is 57.7 Å². The zero-order valence-electron chi connectivity index (χ0n) is 16.8. The van der Waals surface area contributed by atoms with Crippen LogP contribution in [0.1, 0.15) is 50.9 Å². The number of rotatable bonds is 3. The molecule has 154 valence electrons. The minimum Gasteiger partial charge on any atom is -0.496 e. The summed E-state index contributed by atoms with van der Waals surface area (Å²) in [7, 11) is 0.510. The summed E-state index contributed by atoms with van der Waals surface area (Å²) in [5.41, 5.74) is -1.09. The smallest absolute Gasteiger partial charge is 0.495 e. The van der Waals surface area contributed by atoms with Crippen LogP contribution in [0.5, 0.6) is 5.75 Å². The van der Waals surface area contributed by atoms with Crippen LogP contribution >= 0.6 is 0 Å². The van der Waals surface area contributed by atoms with Crippen molar-refractivity contribution in [2.75, 3.05) is 20.2 Å². The van der Waals surface area contributed by atoms with Crippen LogP contribution in [0.2, 0.25) is 0 Å². The zero-order valence-corrected chi connectivity index (χ0v) is 16.8. The maximum Gasteiger partial charge on any atom is 0.495 e. The SMILES string of the molecule is COc1cc(B2OC(C)(C)C(C)(C)O2)cc(F)c1C(=O)N1CCC(F)(F)CC1. The van der Waals surface area contributed by atoms with Gasteiger partial charge in [0.1, 0.15) is 17.1 Å². The number of hydrogen-bond acceptors (Lipinski definition) is 4. The summed E-state index contributed by atoms with van der Waals surface area (Å²) in [6.45, 7) is 7.26. The first-order valence-corrected chi connectivity index (χ1v) is 9.27. The van der Waals surface area contributed by atoms with Gasteiger partial charge in [-0.15, -0.1) is 0 Å². The van der Waals surface area contributed by atoms with Gasteiger partial charge in [0.15, 0.2) is 0 Å². The molecule has 2 aliphatic rings. The molecule has 2 aliphatic heterocycles. The van der Waals surface area contributed by atoms with E-state index >= 15 is 0 Å². The molecule has 28 heavy (non-hydrogen) atoms. The lowest BCUT2D eigenvalue weighted by atomic mass is 9.78. The average Bonchev–Trinajstić information content (AvgIpc) is 2.81. The molecule has 0 aromatic heterocycles. The fourth-order valence-corrected chi connectivity index (χ4v) is 3.28. The first-order chi connectivity index (χ1) is 12.9. The van der Waals surface area contributed by atoms with E-state index in [0.29, 0.717) is 5.46 Å². The minimum absolute atomic E-state index is 0.0204. The van der Waals surface area contributed by atoms with Crippen LogP contribution in [0.4, 0.5) is 13.2 Å². The minimum atomic E-state index is -2.79. The summed E-state index contributed by atoms with van der Waals surface area (Å²) < 4.78 is 58.7. The molecule has 0 atom stereocenters. The number of nitrogens with zero attached hydrogens (tertiary/aromatic N) is 1. The molecule has 1 amide bonds. The van der Waals surface area contributed by atoms with Gasteiger partial charge in [0.2, 0.25) is 0 Å². The van der Waals surface area contributed by atoms with Gasteiger partial charge in [-0.1, -0.05) is 0 Å². The lowest BCUT2D eigenvalue weighted by Crippen LogP contribution is -2.43. The van der Waals surface area contributed by atoms with Crippen LogP contribution in [0.15, 0.2) is 12.1 Å². The second-order valence-corrected chi connectivity index (χ2v) is 8.32. The first kappa shape index (κ1) is 21.0. The monoisotopic (exact) mass is 399 g/mol. The standard InChI is InChI=1S/C19H25BF3NO4/c1-17(2)18(3,4)28-20(27-17)12-10-13(21)15(14(11-12)26-5)16(25)24-8-6-19(22,23)7-9-24/h10-11H,6-9H2,1-5H3. The molecule has 0 unspecified atom stereocenters. The molecule has 0 spiro atoms. The predicted octanol–water partition coefficient (Wildman–Crippen LogP) is 3.00. The number of piperidine rings is 1. The Labute approximate surface area is 163 Å². The molecule has 0 saturated carbocycles. The number of ether oxygens (including phenoxy) is 1. The summed E-state index contributed by atoms with van der Waals surface area (Å²) in [5.74, 6) is -4.23. The predicted molar refractivity (Wildman–Crippen MR) is 98.8 cm³/mol. The number of alkyl halides is 2. The molecule has 0 bridgehead atoms. The summed E-state index contributed by atoms with van der Waals surface area (Å²) in [6, 6.07) is 2.67. The van der Waals surface area contributed by atoms with Crippen LogP contribution in [0, 0.1) is 5.82 Å². The molecule has 2 saturated heterocycles. The van der Waals surface area contributed by atoms with Crippen LogP contribution in [-0.4, -0.2) is 55.2 Å². The number of methoxy groups -OCH3 is 1. The number of carbonyl (C=O) groups is 1. The maximum atomic E-state index is 14.9. The van der Waals surface area contributed by atoms with Crippen molar-refractivity contribution in [3.8, 4) is 5.75 Å². The van der Waals surface area contributed by atoms with Gasteiger partial charge in [0, 0.05) is 25.9 Å². The molecule has 0 N–H and O–H groups in total. The normalized spacial score (nSPS) is 23.0. The van der Waals surface area contributed by atoms with Crippen molar-refractivity contribution in [3.05, 3.63) is 23.5 Å². The van der Waals surface area contributed by atoms with Crippen molar-refractivity contribution in [2.24, 2.45) is 0 Å². The number of carbonyl (C=O) groups excluding carboxylic acids is 1. The number of benzene rings is 1. The fourth-order valence-electron chi connectivity index (χ4n) is 3.28. The topological polar surface area (TPSA) is 48.0 Å². The molecule has 5 nitrogen and oxygen atoms in total. The molecule has 1 aromatic rings. The third-order valence-corrected chi connectivity index (χ3v) is 5.82. The number of likely N-dealkylation sites (tertiary alicyclic amines) is 1. The van der Waals surface area contributed by atoms with E-state index in [1.54, 1.807) is 0 Å². The highest BCUT2D eigenvalue weighted by molar-refractivity contribution is 6.62. The quantitative estimate of drug-likeness (QED) is 0.734. The Hall–Kier alpha value is -1.74. The highest BCUT2D eigenvalue weighted by Gasteiger charge is 2.52. The van der Waals surface area contributed by atoms with E-state index in [-0.39, 0.29) is 24.4 Å².